The van der Waals surface area contributed by atoms with Crippen LogP contribution in [-0.2, 0) is 0 Å². The Bertz CT molecular complexity index is 853. The zero-order valence-electron chi connectivity index (χ0n) is 13.6. The highest BCUT2D eigenvalue weighted by Gasteiger charge is 2.16. The molecule has 4 rings (SSSR count). The van der Waals surface area contributed by atoms with Crippen LogP contribution in [0.1, 0.15) is 24.8 Å². The maximum atomic E-state index is 6.23. The van der Waals surface area contributed by atoms with Gasteiger partial charge in [-0.3, -0.25) is 0 Å². The standard InChI is InChI=1S/C21H22NO/c1-16-14-20(17-8-4-2-5-9-17)23-21-15-18(10-11-19(16)21)22-12-6-3-7-13-22/h2,4-5,8-11,14-15H,3,6-7,12-13H2,1H3/q+1. The van der Waals surface area contributed by atoms with Crippen LogP contribution in [0.25, 0.3) is 22.6 Å². The summed E-state index contributed by atoms with van der Waals surface area (Å²) in [5.74, 6) is 1.92. The molecule has 23 heavy (non-hydrogen) atoms. The molecule has 116 valence electrons. The van der Waals surface area contributed by atoms with Gasteiger partial charge in [0.25, 0.3) is 0 Å². The molecule has 0 amide bonds. The second kappa shape index (κ2) is 6.04. The Balaban J connectivity index is 1.89. The molecule has 2 aliphatic heterocycles. The fourth-order valence-corrected chi connectivity index (χ4v) is 3.44. The fraction of sp³-hybridized carbons (Fsp3) is 0.286. The molecule has 0 radical (unpaired) electrons. The lowest BCUT2D eigenvalue weighted by molar-refractivity contribution is 0.450. The van der Waals surface area contributed by atoms with Crippen LogP contribution < -0.4 is 9.93 Å². The van der Waals surface area contributed by atoms with Gasteiger partial charge >= 0.3 is 0 Å². The van der Waals surface area contributed by atoms with Crippen molar-refractivity contribution in [2.24, 2.45) is 0 Å². The first-order chi connectivity index (χ1) is 11.3. The first-order valence-electron chi connectivity index (χ1n) is 8.49. The summed E-state index contributed by atoms with van der Waals surface area (Å²) in [7, 11) is 0. The van der Waals surface area contributed by atoms with E-state index in [-0.39, 0.29) is 0 Å². The molecule has 1 aliphatic carbocycles. The third-order valence-electron chi connectivity index (χ3n) is 4.74. The van der Waals surface area contributed by atoms with Gasteiger partial charge in [-0.2, -0.15) is 0 Å². The fourth-order valence-electron chi connectivity index (χ4n) is 3.44. The molecule has 1 aromatic rings. The molecule has 2 heterocycles. The van der Waals surface area contributed by atoms with E-state index in [0.717, 1.165) is 30.2 Å². The molecular weight excluding hydrogens is 282 g/mol. The minimum atomic E-state index is 0.936. The van der Waals surface area contributed by atoms with Crippen LogP contribution in [0.5, 0.6) is 0 Å². The van der Waals surface area contributed by atoms with E-state index >= 15 is 0 Å². The maximum absolute atomic E-state index is 6.23. The highest BCUT2D eigenvalue weighted by atomic mass is 16.3. The summed E-state index contributed by atoms with van der Waals surface area (Å²) in [5, 5.41) is 1.28. The van der Waals surface area contributed by atoms with E-state index in [1.165, 1.54) is 35.7 Å². The summed E-state index contributed by atoms with van der Waals surface area (Å²) >= 11 is 0. The number of piperidine rings is 1. The van der Waals surface area contributed by atoms with Crippen LogP contribution in [-0.4, -0.2) is 13.1 Å². The van der Waals surface area contributed by atoms with Gasteiger partial charge in [0.2, 0.25) is 5.36 Å². The van der Waals surface area contributed by atoms with Crippen molar-refractivity contribution in [2.45, 2.75) is 26.2 Å². The molecule has 0 spiro atoms. The van der Waals surface area contributed by atoms with Gasteiger partial charge in [0, 0.05) is 30.0 Å². The predicted molar refractivity (Wildman–Crippen MR) is 94.4 cm³/mol. The highest BCUT2D eigenvalue weighted by molar-refractivity contribution is 5.68. The smallest absolute Gasteiger partial charge is 0.203 e. The molecule has 2 heteroatoms. The molecule has 0 aromatic heterocycles. The molecule has 1 fully saturated rings. The number of benzene rings is 2. The molecular formula is C21H22NO+. The molecule has 3 aliphatic rings. The monoisotopic (exact) mass is 304 g/mol. The molecule has 2 nitrogen and oxygen atoms in total. The zero-order valence-corrected chi connectivity index (χ0v) is 13.6. The van der Waals surface area contributed by atoms with Crippen LogP contribution in [0, 0.1) is 6.92 Å². The number of hydrogen-bond acceptors (Lipinski definition) is 1. The first-order valence-corrected chi connectivity index (χ1v) is 8.49. The van der Waals surface area contributed by atoms with Crippen molar-refractivity contribution in [1.29, 1.82) is 0 Å². The lowest BCUT2D eigenvalue weighted by Crippen LogP contribution is -2.34. The van der Waals surface area contributed by atoms with Gasteiger partial charge in [0.15, 0.2) is 0 Å². The van der Waals surface area contributed by atoms with Gasteiger partial charge in [0.05, 0.1) is 6.07 Å². The Hall–Kier alpha value is -2.35. The van der Waals surface area contributed by atoms with Gasteiger partial charge in [-0.1, -0.05) is 30.3 Å². The lowest BCUT2D eigenvalue weighted by atomic mass is 10.0. The molecule has 0 bridgehead atoms. The van der Waals surface area contributed by atoms with Crippen molar-refractivity contribution < 1.29 is 4.42 Å². The van der Waals surface area contributed by atoms with E-state index in [2.05, 4.69) is 60.0 Å². The molecule has 1 saturated heterocycles. The summed E-state index contributed by atoms with van der Waals surface area (Å²) in [6.45, 7) is 4.47. The van der Waals surface area contributed by atoms with Crippen LogP contribution in [0.2, 0.25) is 0 Å². The van der Waals surface area contributed by atoms with Gasteiger partial charge < -0.3 is 4.42 Å². The van der Waals surface area contributed by atoms with E-state index in [0.29, 0.717) is 0 Å². The maximum Gasteiger partial charge on any atom is 0.203 e. The van der Waals surface area contributed by atoms with Gasteiger partial charge in [0.1, 0.15) is 24.6 Å². The van der Waals surface area contributed by atoms with Crippen LogP contribution in [0.15, 0.2) is 59.0 Å². The third kappa shape index (κ3) is 2.81. The van der Waals surface area contributed by atoms with Crippen LogP contribution in [0.3, 0.4) is 0 Å². The molecule has 0 atom stereocenters. The molecule has 0 saturated carbocycles. The second-order valence-electron chi connectivity index (χ2n) is 6.39. The normalized spacial score (nSPS) is 15.1. The number of fused-ring (bicyclic) bond motifs is 1. The molecule has 1 aromatic carbocycles. The lowest BCUT2D eigenvalue weighted by Gasteiger charge is -2.13. The Morgan fingerprint density at radius 1 is 0.826 bits per heavy atom. The molecule has 0 N–H and O–H groups in total. The summed E-state index contributed by atoms with van der Waals surface area (Å²) in [4.78, 5) is 0. The van der Waals surface area contributed by atoms with E-state index in [1.807, 2.05) is 6.07 Å². The van der Waals surface area contributed by atoms with Gasteiger partial charge in [-0.25, -0.2) is 4.58 Å². The van der Waals surface area contributed by atoms with Gasteiger partial charge in [-0.05, 0) is 31.0 Å². The average molecular weight is 304 g/mol. The highest BCUT2D eigenvalue weighted by Crippen LogP contribution is 2.30. The van der Waals surface area contributed by atoms with Crippen molar-refractivity contribution in [3.8, 4) is 22.6 Å². The second-order valence-corrected chi connectivity index (χ2v) is 6.39. The van der Waals surface area contributed by atoms with Gasteiger partial charge in [-0.15, -0.1) is 0 Å². The number of aryl methyl sites for hydroxylation is 1. The third-order valence-corrected chi connectivity index (χ3v) is 4.74. The first kappa shape index (κ1) is 14.3. The predicted octanol–water partition coefficient (Wildman–Crippen LogP) is 4.32. The van der Waals surface area contributed by atoms with Crippen molar-refractivity contribution in [3.05, 3.63) is 65.5 Å². The van der Waals surface area contributed by atoms with E-state index in [4.69, 9.17) is 4.42 Å². The summed E-state index contributed by atoms with van der Waals surface area (Å²) in [6.07, 6.45) is 3.93. The van der Waals surface area contributed by atoms with Crippen molar-refractivity contribution >= 4 is 0 Å². The average Bonchev–Trinajstić information content (AvgIpc) is 2.63. The number of hydrogen-bond donors (Lipinski definition) is 0. The number of nitrogens with zero attached hydrogens (tertiary/aromatic N) is 1. The minimum Gasteiger partial charge on any atom is -0.456 e. The minimum absolute atomic E-state index is 0.936. The van der Waals surface area contributed by atoms with Crippen LogP contribution >= 0.6 is 0 Å². The SMILES string of the molecule is Cc1cc(-c2ccccc2)oc2cc(=[N+]3CCCCC3)ccc1-2. The largest absolute Gasteiger partial charge is 0.456 e. The summed E-state index contributed by atoms with van der Waals surface area (Å²) in [6, 6.07) is 19.1. The quantitative estimate of drug-likeness (QED) is 0.612. The van der Waals surface area contributed by atoms with E-state index in [9.17, 15) is 0 Å². The number of rotatable bonds is 1. The Morgan fingerprint density at radius 3 is 2.39 bits per heavy atom. The van der Waals surface area contributed by atoms with Crippen molar-refractivity contribution in [3.63, 3.8) is 0 Å². The zero-order chi connectivity index (χ0) is 15.6. The van der Waals surface area contributed by atoms with E-state index < -0.39 is 0 Å². The Labute approximate surface area is 137 Å². The van der Waals surface area contributed by atoms with E-state index in [1.54, 1.807) is 0 Å². The van der Waals surface area contributed by atoms with Crippen molar-refractivity contribution in [2.75, 3.05) is 13.1 Å². The van der Waals surface area contributed by atoms with Crippen LogP contribution in [0.4, 0.5) is 0 Å². The Kier molecular flexibility index (Phi) is 3.74. The summed E-state index contributed by atoms with van der Waals surface area (Å²) < 4.78 is 8.71. The Morgan fingerprint density at radius 2 is 1.61 bits per heavy atom. The summed E-state index contributed by atoms with van der Waals surface area (Å²) in [5.41, 5.74) is 3.58. The van der Waals surface area contributed by atoms with Crippen molar-refractivity contribution in [1.82, 2.24) is 4.58 Å². The molecule has 0 unspecified atom stereocenters. The topological polar surface area (TPSA) is 16.1 Å².